The lowest BCUT2D eigenvalue weighted by atomic mass is 10.1. The predicted octanol–water partition coefficient (Wildman–Crippen LogP) is 4.52. The molecule has 0 radical (unpaired) electrons. The molecule has 5 heteroatoms. The summed E-state index contributed by atoms with van der Waals surface area (Å²) in [7, 11) is 0. The molecule has 0 aliphatic heterocycles. The highest BCUT2D eigenvalue weighted by Crippen LogP contribution is 2.32. The molecule has 19 heavy (non-hydrogen) atoms. The molecule has 1 N–H and O–H groups in total. The zero-order valence-electron chi connectivity index (χ0n) is 10.3. The van der Waals surface area contributed by atoms with Gasteiger partial charge < -0.3 is 5.32 Å². The van der Waals surface area contributed by atoms with Crippen LogP contribution in [0.5, 0.6) is 0 Å². The maximum absolute atomic E-state index is 6.27. The van der Waals surface area contributed by atoms with E-state index in [1.165, 1.54) is 17.3 Å². The third kappa shape index (κ3) is 2.41. The van der Waals surface area contributed by atoms with Crippen LogP contribution < -0.4 is 5.32 Å². The molecule has 1 unspecified atom stereocenters. The lowest BCUT2D eigenvalue weighted by Crippen LogP contribution is -2.07. The van der Waals surface area contributed by atoms with Crippen molar-refractivity contribution in [1.29, 1.82) is 0 Å². The maximum Gasteiger partial charge on any atom is 0.129 e. The summed E-state index contributed by atoms with van der Waals surface area (Å²) in [5.41, 5.74) is 3.76. The van der Waals surface area contributed by atoms with Gasteiger partial charge in [0.05, 0.1) is 22.4 Å². The van der Waals surface area contributed by atoms with E-state index >= 15 is 0 Å². The average Bonchev–Trinajstić information content (AvgIpc) is 2.91. The van der Waals surface area contributed by atoms with E-state index in [1.54, 1.807) is 0 Å². The maximum atomic E-state index is 6.27. The molecule has 3 aromatic rings. The van der Waals surface area contributed by atoms with Crippen molar-refractivity contribution in [1.82, 2.24) is 8.75 Å². The number of aromatic nitrogens is 2. The molecule has 1 heterocycles. The molecule has 0 saturated carbocycles. The monoisotopic (exact) mass is 289 g/mol. The molecule has 1 aromatic heterocycles. The summed E-state index contributed by atoms with van der Waals surface area (Å²) < 4.78 is 8.54. The Kier molecular flexibility index (Phi) is 3.36. The van der Waals surface area contributed by atoms with Crippen LogP contribution in [0.15, 0.2) is 42.5 Å². The van der Waals surface area contributed by atoms with Crippen molar-refractivity contribution in [3.8, 4) is 0 Å². The van der Waals surface area contributed by atoms with Crippen molar-refractivity contribution in [2.45, 2.75) is 13.0 Å². The Balaban J connectivity index is 1.97. The molecule has 0 bridgehead atoms. The van der Waals surface area contributed by atoms with Crippen LogP contribution in [0.4, 0.5) is 5.69 Å². The highest BCUT2D eigenvalue weighted by Gasteiger charge is 2.13. The second-order valence-electron chi connectivity index (χ2n) is 4.33. The summed E-state index contributed by atoms with van der Waals surface area (Å²) in [5, 5.41) is 4.10. The van der Waals surface area contributed by atoms with Crippen molar-refractivity contribution in [2.24, 2.45) is 0 Å². The Morgan fingerprint density at radius 2 is 1.89 bits per heavy atom. The van der Waals surface area contributed by atoms with Crippen molar-refractivity contribution in [3.63, 3.8) is 0 Å². The third-order valence-electron chi connectivity index (χ3n) is 3.04. The summed E-state index contributed by atoms with van der Waals surface area (Å²) in [6, 6.07) is 14.1. The topological polar surface area (TPSA) is 37.8 Å². The van der Waals surface area contributed by atoms with E-state index in [1.807, 2.05) is 30.3 Å². The smallest absolute Gasteiger partial charge is 0.129 e. The summed E-state index contributed by atoms with van der Waals surface area (Å²) in [4.78, 5) is 0. The van der Waals surface area contributed by atoms with Crippen molar-refractivity contribution >= 4 is 40.0 Å². The van der Waals surface area contributed by atoms with Crippen LogP contribution in [0, 0.1) is 0 Å². The number of halogens is 1. The first-order valence-corrected chi connectivity index (χ1v) is 7.09. The standard InChI is InChI=1S/C14H12ClN3S/c1-9(10-5-3-2-4-6-10)16-13-11(15)7-8-12-14(13)18-19-17-12/h2-9,16H,1H3. The molecule has 3 rings (SSSR count). The normalized spacial score (nSPS) is 12.5. The van der Waals surface area contributed by atoms with Crippen LogP contribution in [-0.2, 0) is 0 Å². The fraction of sp³-hybridized carbons (Fsp3) is 0.143. The number of benzene rings is 2. The van der Waals surface area contributed by atoms with Gasteiger partial charge >= 0.3 is 0 Å². The molecule has 0 amide bonds. The van der Waals surface area contributed by atoms with Crippen LogP contribution in [0.1, 0.15) is 18.5 Å². The summed E-state index contributed by atoms with van der Waals surface area (Å²) >= 11 is 7.47. The van der Waals surface area contributed by atoms with E-state index in [0.717, 1.165) is 16.7 Å². The lowest BCUT2D eigenvalue weighted by Gasteiger charge is -2.16. The van der Waals surface area contributed by atoms with Gasteiger partial charge in [0.15, 0.2) is 0 Å². The predicted molar refractivity (Wildman–Crippen MR) is 80.9 cm³/mol. The molecule has 96 valence electrons. The molecular weight excluding hydrogens is 278 g/mol. The van der Waals surface area contributed by atoms with Gasteiger partial charge in [0.2, 0.25) is 0 Å². The van der Waals surface area contributed by atoms with Crippen LogP contribution in [0.2, 0.25) is 5.02 Å². The number of nitrogens with zero attached hydrogens (tertiary/aromatic N) is 2. The summed E-state index contributed by atoms with van der Waals surface area (Å²) in [6.45, 7) is 2.10. The largest absolute Gasteiger partial charge is 0.375 e. The van der Waals surface area contributed by atoms with E-state index in [4.69, 9.17) is 11.6 Å². The van der Waals surface area contributed by atoms with Gasteiger partial charge in [0, 0.05) is 6.04 Å². The van der Waals surface area contributed by atoms with Gasteiger partial charge in [-0.15, -0.1) is 0 Å². The molecule has 0 saturated heterocycles. The van der Waals surface area contributed by atoms with Crippen LogP contribution in [-0.4, -0.2) is 8.75 Å². The van der Waals surface area contributed by atoms with Gasteiger partial charge in [0.1, 0.15) is 11.0 Å². The van der Waals surface area contributed by atoms with Crippen molar-refractivity contribution in [2.75, 3.05) is 5.32 Å². The second-order valence-corrected chi connectivity index (χ2v) is 5.27. The van der Waals surface area contributed by atoms with Gasteiger partial charge in [-0.1, -0.05) is 41.9 Å². The second kappa shape index (κ2) is 5.15. The van der Waals surface area contributed by atoms with Gasteiger partial charge in [-0.2, -0.15) is 8.75 Å². The summed E-state index contributed by atoms with van der Waals surface area (Å²) in [5.74, 6) is 0. The Bertz CT molecular complexity index is 696. The number of nitrogens with one attached hydrogen (secondary N) is 1. The number of anilines is 1. The molecule has 0 aliphatic rings. The van der Waals surface area contributed by atoms with Gasteiger partial charge in [0.25, 0.3) is 0 Å². The van der Waals surface area contributed by atoms with Crippen LogP contribution in [0.3, 0.4) is 0 Å². The number of hydrogen-bond acceptors (Lipinski definition) is 4. The molecule has 0 aliphatic carbocycles. The Morgan fingerprint density at radius 1 is 1.11 bits per heavy atom. The highest BCUT2D eigenvalue weighted by molar-refractivity contribution is 7.00. The fourth-order valence-electron chi connectivity index (χ4n) is 2.01. The average molecular weight is 290 g/mol. The third-order valence-corrected chi connectivity index (χ3v) is 3.90. The molecule has 0 fully saturated rings. The van der Waals surface area contributed by atoms with Crippen LogP contribution in [0.25, 0.3) is 11.0 Å². The zero-order valence-corrected chi connectivity index (χ0v) is 11.9. The first-order chi connectivity index (χ1) is 9.25. The molecule has 3 nitrogen and oxygen atoms in total. The number of fused-ring (bicyclic) bond motifs is 1. The van der Waals surface area contributed by atoms with Gasteiger partial charge in [-0.25, -0.2) is 0 Å². The van der Waals surface area contributed by atoms with Gasteiger partial charge in [-0.05, 0) is 24.6 Å². The number of rotatable bonds is 3. The Morgan fingerprint density at radius 3 is 2.68 bits per heavy atom. The first-order valence-electron chi connectivity index (χ1n) is 5.98. The van der Waals surface area contributed by atoms with E-state index in [9.17, 15) is 0 Å². The van der Waals surface area contributed by atoms with Crippen molar-refractivity contribution < 1.29 is 0 Å². The van der Waals surface area contributed by atoms with E-state index in [0.29, 0.717) is 5.02 Å². The van der Waals surface area contributed by atoms with E-state index in [-0.39, 0.29) is 6.04 Å². The van der Waals surface area contributed by atoms with Crippen molar-refractivity contribution in [3.05, 3.63) is 53.1 Å². The minimum absolute atomic E-state index is 0.158. The molecule has 0 spiro atoms. The van der Waals surface area contributed by atoms with E-state index < -0.39 is 0 Å². The van der Waals surface area contributed by atoms with Gasteiger partial charge in [-0.3, -0.25) is 0 Å². The quantitative estimate of drug-likeness (QED) is 0.770. The highest BCUT2D eigenvalue weighted by atomic mass is 35.5. The molecule has 2 aromatic carbocycles. The van der Waals surface area contributed by atoms with E-state index in [2.05, 4.69) is 33.1 Å². The molecule has 1 atom stereocenters. The minimum atomic E-state index is 0.158. The van der Waals surface area contributed by atoms with Crippen LogP contribution >= 0.6 is 23.3 Å². The lowest BCUT2D eigenvalue weighted by molar-refractivity contribution is 0.886. The number of hydrogen-bond donors (Lipinski definition) is 1. The minimum Gasteiger partial charge on any atom is -0.375 e. The fourth-order valence-corrected chi connectivity index (χ4v) is 2.76. The zero-order chi connectivity index (χ0) is 13.2. The Hall–Kier alpha value is -1.65. The summed E-state index contributed by atoms with van der Waals surface area (Å²) in [6.07, 6.45) is 0. The SMILES string of the molecule is CC(Nc1c(Cl)ccc2nsnc12)c1ccccc1. The first kappa shape index (κ1) is 12.4. The Labute approximate surface area is 120 Å². The molecular formula is C14H12ClN3S.